The Hall–Kier alpha value is -5.40. The fourth-order valence-corrected chi connectivity index (χ4v) is 7.30. The highest BCUT2D eigenvalue weighted by Gasteiger charge is 2.37. The van der Waals surface area contributed by atoms with Crippen molar-refractivity contribution in [3.05, 3.63) is 174 Å². The number of hydrogen-bond acceptors (Lipinski definition) is 1. The van der Waals surface area contributed by atoms with Crippen molar-refractivity contribution in [2.24, 2.45) is 0 Å². The summed E-state index contributed by atoms with van der Waals surface area (Å²) in [4.78, 5) is 2.41. The standard InChI is InChI=1S/C45H37N/c1-30-16-24-35(25-17-30)46(36-26-18-31(2)19-27-36)37-28-41(44-40-13-7-8-15-42(40)45(3,4)43(44)29-37)34-22-20-33(21-23-34)39-14-9-11-32-10-5-6-12-38(32)39/h5-29H,1-4H3. The van der Waals surface area contributed by atoms with E-state index in [2.05, 4.69) is 184 Å². The van der Waals surface area contributed by atoms with Gasteiger partial charge in [-0.05, 0) is 106 Å². The van der Waals surface area contributed by atoms with Crippen LogP contribution in [-0.2, 0) is 5.41 Å². The summed E-state index contributed by atoms with van der Waals surface area (Å²) in [5.74, 6) is 0. The molecule has 1 aliphatic carbocycles. The van der Waals surface area contributed by atoms with Crippen LogP contribution in [-0.4, -0.2) is 0 Å². The van der Waals surface area contributed by atoms with E-state index in [0.29, 0.717) is 0 Å². The number of anilines is 3. The molecule has 0 saturated heterocycles. The van der Waals surface area contributed by atoms with E-state index in [0.717, 1.165) is 11.4 Å². The average molecular weight is 592 g/mol. The zero-order chi connectivity index (χ0) is 31.4. The van der Waals surface area contributed by atoms with Crippen LogP contribution in [0.3, 0.4) is 0 Å². The van der Waals surface area contributed by atoms with Crippen molar-refractivity contribution >= 4 is 27.8 Å². The number of benzene rings is 7. The third kappa shape index (κ3) is 4.63. The molecular weight excluding hydrogens is 555 g/mol. The van der Waals surface area contributed by atoms with Gasteiger partial charge in [-0.3, -0.25) is 0 Å². The van der Waals surface area contributed by atoms with Crippen LogP contribution in [0.2, 0.25) is 0 Å². The van der Waals surface area contributed by atoms with Crippen LogP contribution in [0.5, 0.6) is 0 Å². The zero-order valence-corrected chi connectivity index (χ0v) is 26.9. The molecule has 0 saturated carbocycles. The highest BCUT2D eigenvalue weighted by atomic mass is 15.1. The summed E-state index contributed by atoms with van der Waals surface area (Å²) >= 11 is 0. The van der Waals surface area contributed by atoms with Crippen molar-refractivity contribution in [3.8, 4) is 33.4 Å². The maximum atomic E-state index is 2.43. The van der Waals surface area contributed by atoms with Gasteiger partial charge in [-0.2, -0.15) is 0 Å². The van der Waals surface area contributed by atoms with Gasteiger partial charge >= 0.3 is 0 Å². The lowest BCUT2D eigenvalue weighted by Gasteiger charge is -2.29. The first-order valence-corrected chi connectivity index (χ1v) is 16.2. The van der Waals surface area contributed by atoms with Gasteiger partial charge in [0.05, 0.1) is 0 Å². The molecule has 222 valence electrons. The molecule has 0 spiro atoms. The van der Waals surface area contributed by atoms with Gasteiger partial charge in [0, 0.05) is 22.5 Å². The van der Waals surface area contributed by atoms with Crippen molar-refractivity contribution < 1.29 is 0 Å². The van der Waals surface area contributed by atoms with E-state index in [1.807, 2.05) is 0 Å². The fourth-order valence-electron chi connectivity index (χ4n) is 7.30. The van der Waals surface area contributed by atoms with Crippen molar-refractivity contribution in [2.45, 2.75) is 33.1 Å². The van der Waals surface area contributed by atoms with Crippen LogP contribution in [0, 0.1) is 13.8 Å². The van der Waals surface area contributed by atoms with Crippen molar-refractivity contribution in [1.82, 2.24) is 0 Å². The van der Waals surface area contributed by atoms with E-state index >= 15 is 0 Å². The summed E-state index contributed by atoms with van der Waals surface area (Å²) in [5.41, 5.74) is 16.3. The first-order chi connectivity index (χ1) is 22.4. The summed E-state index contributed by atoms with van der Waals surface area (Å²) in [5, 5.41) is 2.55. The van der Waals surface area contributed by atoms with Gasteiger partial charge in [0.25, 0.3) is 0 Å². The Labute approximate surface area is 272 Å². The molecule has 0 heterocycles. The molecule has 8 rings (SSSR count). The minimum Gasteiger partial charge on any atom is -0.310 e. The highest BCUT2D eigenvalue weighted by molar-refractivity contribution is 5.99. The highest BCUT2D eigenvalue weighted by Crippen LogP contribution is 2.54. The molecule has 0 aromatic heterocycles. The molecule has 0 bridgehead atoms. The van der Waals surface area contributed by atoms with Gasteiger partial charge in [-0.25, -0.2) is 0 Å². The normalized spacial score (nSPS) is 13.0. The molecule has 46 heavy (non-hydrogen) atoms. The lowest BCUT2D eigenvalue weighted by atomic mass is 9.81. The van der Waals surface area contributed by atoms with Gasteiger partial charge < -0.3 is 4.90 Å². The maximum absolute atomic E-state index is 2.43. The predicted octanol–water partition coefficient (Wildman–Crippen LogP) is 12.6. The molecular formula is C45H37N. The van der Waals surface area contributed by atoms with Crippen molar-refractivity contribution in [3.63, 3.8) is 0 Å². The number of nitrogens with zero attached hydrogens (tertiary/aromatic N) is 1. The average Bonchev–Trinajstić information content (AvgIpc) is 3.32. The maximum Gasteiger partial charge on any atom is 0.0471 e. The van der Waals surface area contributed by atoms with Gasteiger partial charge in [0.15, 0.2) is 0 Å². The molecule has 0 amide bonds. The van der Waals surface area contributed by atoms with Crippen LogP contribution in [0.1, 0.15) is 36.1 Å². The Morgan fingerprint density at radius 2 is 0.978 bits per heavy atom. The number of hydrogen-bond donors (Lipinski definition) is 0. The number of fused-ring (bicyclic) bond motifs is 4. The van der Waals surface area contributed by atoms with Gasteiger partial charge in [0.2, 0.25) is 0 Å². The smallest absolute Gasteiger partial charge is 0.0471 e. The molecule has 0 unspecified atom stereocenters. The molecule has 7 aromatic carbocycles. The van der Waals surface area contributed by atoms with E-state index in [4.69, 9.17) is 0 Å². The topological polar surface area (TPSA) is 3.24 Å². The van der Waals surface area contributed by atoms with E-state index in [1.54, 1.807) is 0 Å². The molecule has 1 nitrogen and oxygen atoms in total. The fraction of sp³-hybridized carbons (Fsp3) is 0.111. The quantitative estimate of drug-likeness (QED) is 0.192. The molecule has 0 radical (unpaired) electrons. The van der Waals surface area contributed by atoms with E-state index < -0.39 is 0 Å². The lowest BCUT2D eigenvalue weighted by molar-refractivity contribution is 0.660. The Morgan fingerprint density at radius 1 is 0.435 bits per heavy atom. The molecule has 1 aliphatic rings. The Morgan fingerprint density at radius 3 is 1.65 bits per heavy atom. The van der Waals surface area contributed by atoms with Crippen molar-refractivity contribution in [1.29, 1.82) is 0 Å². The van der Waals surface area contributed by atoms with Crippen LogP contribution in [0.15, 0.2) is 152 Å². The Bertz CT molecular complexity index is 2170. The van der Waals surface area contributed by atoms with Crippen LogP contribution in [0.25, 0.3) is 44.2 Å². The van der Waals surface area contributed by atoms with Crippen LogP contribution < -0.4 is 4.90 Å². The molecule has 0 fully saturated rings. The predicted molar refractivity (Wildman–Crippen MR) is 197 cm³/mol. The third-order valence-corrected chi connectivity index (χ3v) is 9.81. The minimum atomic E-state index is -0.133. The van der Waals surface area contributed by atoms with Gasteiger partial charge in [-0.1, -0.05) is 140 Å². The lowest BCUT2D eigenvalue weighted by Crippen LogP contribution is -2.17. The monoisotopic (exact) mass is 591 g/mol. The first-order valence-electron chi connectivity index (χ1n) is 16.2. The summed E-state index contributed by atoms with van der Waals surface area (Å²) in [6.45, 7) is 9.04. The summed E-state index contributed by atoms with van der Waals surface area (Å²) < 4.78 is 0. The van der Waals surface area contributed by atoms with Crippen LogP contribution >= 0.6 is 0 Å². The molecule has 7 aromatic rings. The number of rotatable bonds is 5. The van der Waals surface area contributed by atoms with E-state index in [1.165, 1.54) is 72.1 Å². The molecule has 0 aliphatic heterocycles. The zero-order valence-electron chi connectivity index (χ0n) is 26.9. The largest absolute Gasteiger partial charge is 0.310 e. The summed E-state index contributed by atoms with van der Waals surface area (Å²) in [7, 11) is 0. The summed E-state index contributed by atoms with van der Waals surface area (Å²) in [6, 6.07) is 56.0. The third-order valence-electron chi connectivity index (χ3n) is 9.81. The van der Waals surface area contributed by atoms with Gasteiger partial charge in [0.1, 0.15) is 0 Å². The molecule has 0 N–H and O–H groups in total. The second kappa shape index (κ2) is 10.9. The Kier molecular flexibility index (Phi) is 6.65. The SMILES string of the molecule is Cc1ccc(N(c2ccc(C)cc2)c2cc(-c3ccc(-c4cccc5ccccc45)cc3)c3c(c2)C(C)(C)c2ccccc2-3)cc1. The molecule has 1 heteroatoms. The Balaban J connectivity index is 1.35. The minimum absolute atomic E-state index is 0.133. The van der Waals surface area contributed by atoms with E-state index in [-0.39, 0.29) is 5.41 Å². The second-order valence-corrected chi connectivity index (χ2v) is 13.2. The summed E-state index contributed by atoms with van der Waals surface area (Å²) in [6.07, 6.45) is 0. The van der Waals surface area contributed by atoms with E-state index in [9.17, 15) is 0 Å². The molecule has 0 atom stereocenters. The van der Waals surface area contributed by atoms with Crippen molar-refractivity contribution in [2.75, 3.05) is 4.90 Å². The van der Waals surface area contributed by atoms with Gasteiger partial charge in [-0.15, -0.1) is 0 Å². The van der Waals surface area contributed by atoms with Crippen LogP contribution in [0.4, 0.5) is 17.1 Å². The second-order valence-electron chi connectivity index (χ2n) is 13.2. The first kappa shape index (κ1) is 28.1. The number of aryl methyl sites for hydroxylation is 2.